The number of ether oxygens (including phenoxy) is 1. The maximum Gasteiger partial charge on any atom is 0.273 e. The topological polar surface area (TPSA) is 70.7 Å². The van der Waals surface area contributed by atoms with Crippen molar-refractivity contribution in [2.75, 3.05) is 19.7 Å². The predicted molar refractivity (Wildman–Crippen MR) is 95.2 cm³/mol. The van der Waals surface area contributed by atoms with Crippen LogP contribution in [0.3, 0.4) is 0 Å². The molecule has 0 bridgehead atoms. The number of piperidine rings is 1. The number of para-hydroxylation sites is 1. The van der Waals surface area contributed by atoms with Crippen LogP contribution in [0.4, 0.5) is 0 Å². The van der Waals surface area contributed by atoms with Crippen LogP contribution in [0, 0.1) is 5.92 Å². The van der Waals surface area contributed by atoms with E-state index in [0.717, 1.165) is 25.9 Å². The number of hydrazine groups is 1. The Labute approximate surface area is 148 Å². The van der Waals surface area contributed by atoms with Gasteiger partial charge in [-0.25, -0.2) is 0 Å². The van der Waals surface area contributed by atoms with E-state index in [0.29, 0.717) is 24.0 Å². The second-order valence-electron chi connectivity index (χ2n) is 6.94. The normalized spacial score (nSPS) is 20.8. The van der Waals surface area contributed by atoms with Crippen LogP contribution in [-0.4, -0.2) is 42.5 Å². The average Bonchev–Trinajstić information content (AvgIpc) is 3.46. The van der Waals surface area contributed by atoms with E-state index in [9.17, 15) is 9.59 Å². The highest BCUT2D eigenvalue weighted by atomic mass is 16.5. The monoisotopic (exact) mass is 345 g/mol. The van der Waals surface area contributed by atoms with Gasteiger partial charge in [0.2, 0.25) is 5.91 Å². The van der Waals surface area contributed by atoms with E-state index in [1.54, 1.807) is 18.2 Å². The maximum absolute atomic E-state index is 12.3. The number of hydrogen-bond donors (Lipinski definition) is 2. The number of carbonyl (C=O) groups is 2. The molecule has 2 amide bonds. The van der Waals surface area contributed by atoms with E-state index in [1.807, 2.05) is 6.07 Å². The molecular formula is C19H27N3O3. The van der Waals surface area contributed by atoms with Crippen molar-refractivity contribution in [1.29, 1.82) is 0 Å². The summed E-state index contributed by atoms with van der Waals surface area (Å²) in [5.41, 5.74) is 5.40. The van der Waals surface area contributed by atoms with Gasteiger partial charge in [-0.05, 0) is 51.3 Å². The summed E-state index contributed by atoms with van der Waals surface area (Å²) in [5, 5.41) is 0. The average molecular weight is 345 g/mol. The molecule has 136 valence electrons. The molecule has 1 saturated carbocycles. The number of hydrogen-bond acceptors (Lipinski definition) is 4. The van der Waals surface area contributed by atoms with E-state index in [2.05, 4.69) is 22.7 Å². The fourth-order valence-corrected chi connectivity index (χ4v) is 3.18. The van der Waals surface area contributed by atoms with Crippen molar-refractivity contribution in [2.24, 2.45) is 5.92 Å². The highest BCUT2D eigenvalue weighted by Crippen LogP contribution is 2.28. The van der Waals surface area contributed by atoms with Crippen LogP contribution in [0.1, 0.15) is 49.4 Å². The Kier molecular flexibility index (Phi) is 5.91. The highest BCUT2D eigenvalue weighted by Gasteiger charge is 2.30. The number of nitrogens with one attached hydrogen (secondary N) is 2. The third-order valence-corrected chi connectivity index (χ3v) is 4.96. The standard InChI is InChI=1S/C19H27N3O3/c1-14-6-4-5-11-22(14)12-13-25-17-8-3-2-7-16(17)19(24)21-20-18(23)15-9-10-15/h2-3,7-8,14-15H,4-6,9-13H2,1H3,(H,20,23)(H,21,24). The fourth-order valence-electron chi connectivity index (χ4n) is 3.18. The molecule has 6 nitrogen and oxygen atoms in total. The molecule has 2 aliphatic rings. The van der Waals surface area contributed by atoms with Gasteiger partial charge in [0.15, 0.2) is 0 Å². The summed E-state index contributed by atoms with van der Waals surface area (Å²) in [5.74, 6) is 0.130. The molecule has 0 spiro atoms. The van der Waals surface area contributed by atoms with Gasteiger partial charge in [0.1, 0.15) is 12.4 Å². The first-order valence-corrected chi connectivity index (χ1v) is 9.21. The Hall–Kier alpha value is -2.08. The van der Waals surface area contributed by atoms with E-state index in [4.69, 9.17) is 4.74 Å². The molecule has 2 N–H and O–H groups in total. The second-order valence-corrected chi connectivity index (χ2v) is 6.94. The lowest BCUT2D eigenvalue weighted by Gasteiger charge is -2.33. The number of nitrogens with zero attached hydrogens (tertiary/aromatic N) is 1. The molecule has 3 rings (SSSR count). The Bertz CT molecular complexity index is 616. The molecule has 1 saturated heterocycles. The number of rotatable bonds is 6. The second kappa shape index (κ2) is 8.34. The SMILES string of the molecule is CC1CCCCN1CCOc1ccccc1C(=O)NNC(=O)C1CC1. The molecule has 1 atom stereocenters. The molecule has 1 heterocycles. The third-order valence-electron chi connectivity index (χ3n) is 4.96. The Morgan fingerprint density at radius 3 is 2.72 bits per heavy atom. The van der Waals surface area contributed by atoms with E-state index in [1.165, 1.54) is 19.3 Å². The van der Waals surface area contributed by atoms with E-state index < -0.39 is 0 Å². The van der Waals surface area contributed by atoms with Crippen LogP contribution in [-0.2, 0) is 4.79 Å². The van der Waals surface area contributed by atoms with Gasteiger partial charge < -0.3 is 4.74 Å². The zero-order valence-electron chi connectivity index (χ0n) is 14.8. The van der Waals surface area contributed by atoms with Crippen molar-refractivity contribution in [1.82, 2.24) is 15.8 Å². The Morgan fingerprint density at radius 1 is 1.16 bits per heavy atom. The van der Waals surface area contributed by atoms with Crippen molar-refractivity contribution in [3.63, 3.8) is 0 Å². The summed E-state index contributed by atoms with van der Waals surface area (Å²) in [4.78, 5) is 26.4. The molecule has 1 aliphatic carbocycles. The first kappa shape index (κ1) is 17.7. The highest BCUT2D eigenvalue weighted by molar-refractivity contribution is 5.98. The quantitative estimate of drug-likeness (QED) is 0.775. The van der Waals surface area contributed by atoms with Crippen molar-refractivity contribution in [2.45, 2.75) is 45.1 Å². The lowest BCUT2D eigenvalue weighted by molar-refractivity contribution is -0.123. The van der Waals surface area contributed by atoms with Gasteiger partial charge in [-0.3, -0.25) is 25.3 Å². The minimum absolute atomic E-state index is 0.0540. The van der Waals surface area contributed by atoms with Crippen molar-refractivity contribution in [3.05, 3.63) is 29.8 Å². The van der Waals surface area contributed by atoms with Crippen LogP contribution < -0.4 is 15.6 Å². The smallest absolute Gasteiger partial charge is 0.273 e. The minimum Gasteiger partial charge on any atom is -0.491 e. The van der Waals surface area contributed by atoms with E-state index >= 15 is 0 Å². The minimum atomic E-state index is -0.351. The summed E-state index contributed by atoms with van der Waals surface area (Å²) >= 11 is 0. The molecule has 2 fully saturated rings. The Balaban J connectivity index is 1.51. The van der Waals surface area contributed by atoms with Gasteiger partial charge in [0.25, 0.3) is 5.91 Å². The number of likely N-dealkylation sites (tertiary alicyclic amines) is 1. The lowest BCUT2D eigenvalue weighted by atomic mass is 10.0. The molecular weight excluding hydrogens is 318 g/mol. The first-order valence-electron chi connectivity index (χ1n) is 9.21. The summed E-state index contributed by atoms with van der Waals surface area (Å²) in [7, 11) is 0. The summed E-state index contributed by atoms with van der Waals surface area (Å²) in [6.07, 6.45) is 5.57. The number of amides is 2. The number of benzene rings is 1. The van der Waals surface area contributed by atoms with Crippen molar-refractivity contribution >= 4 is 11.8 Å². The molecule has 6 heteroatoms. The largest absolute Gasteiger partial charge is 0.491 e. The molecule has 0 radical (unpaired) electrons. The van der Waals surface area contributed by atoms with Crippen LogP contribution >= 0.6 is 0 Å². The zero-order valence-corrected chi connectivity index (χ0v) is 14.8. The predicted octanol–water partition coefficient (Wildman–Crippen LogP) is 2.11. The third kappa shape index (κ3) is 4.95. The molecule has 25 heavy (non-hydrogen) atoms. The zero-order chi connectivity index (χ0) is 17.6. The summed E-state index contributed by atoms with van der Waals surface area (Å²) < 4.78 is 5.86. The van der Waals surface area contributed by atoms with Gasteiger partial charge in [0, 0.05) is 18.5 Å². The van der Waals surface area contributed by atoms with Crippen LogP contribution in [0.15, 0.2) is 24.3 Å². The van der Waals surface area contributed by atoms with Gasteiger partial charge in [0.05, 0.1) is 5.56 Å². The van der Waals surface area contributed by atoms with Crippen LogP contribution in [0.2, 0.25) is 0 Å². The van der Waals surface area contributed by atoms with Gasteiger partial charge in [-0.15, -0.1) is 0 Å². The molecule has 1 aromatic rings. The number of carbonyl (C=O) groups excluding carboxylic acids is 2. The van der Waals surface area contributed by atoms with Crippen molar-refractivity contribution in [3.8, 4) is 5.75 Å². The fraction of sp³-hybridized carbons (Fsp3) is 0.579. The molecule has 1 aliphatic heterocycles. The Morgan fingerprint density at radius 2 is 1.96 bits per heavy atom. The van der Waals surface area contributed by atoms with Crippen molar-refractivity contribution < 1.29 is 14.3 Å². The molecule has 1 aromatic carbocycles. The molecule has 1 unspecified atom stereocenters. The summed E-state index contributed by atoms with van der Waals surface area (Å²) in [6, 6.07) is 7.72. The van der Waals surface area contributed by atoms with Crippen LogP contribution in [0.25, 0.3) is 0 Å². The van der Waals surface area contributed by atoms with E-state index in [-0.39, 0.29) is 17.7 Å². The lowest BCUT2D eigenvalue weighted by Crippen LogP contribution is -2.42. The van der Waals surface area contributed by atoms with Crippen LogP contribution in [0.5, 0.6) is 5.75 Å². The van der Waals surface area contributed by atoms with Gasteiger partial charge in [-0.1, -0.05) is 18.6 Å². The summed E-state index contributed by atoms with van der Waals surface area (Å²) in [6.45, 7) is 4.77. The van der Waals surface area contributed by atoms with Gasteiger partial charge in [-0.2, -0.15) is 0 Å². The van der Waals surface area contributed by atoms with Gasteiger partial charge >= 0.3 is 0 Å². The maximum atomic E-state index is 12.3. The first-order chi connectivity index (χ1) is 12.1. The molecule has 0 aromatic heterocycles.